The minimum Gasteiger partial charge on any atom is -0.486 e. The Kier molecular flexibility index (Phi) is 3.76. The van der Waals surface area contributed by atoms with E-state index < -0.39 is 0 Å². The molecule has 2 nitrogen and oxygen atoms in total. The number of alkyl halides is 1. The molecule has 1 aliphatic rings. The first-order valence-corrected chi connectivity index (χ1v) is 6.45. The molecule has 0 radical (unpaired) electrons. The smallest absolute Gasteiger partial charge is 0.162 e. The lowest BCUT2D eigenvalue weighted by Crippen LogP contribution is -2.15. The maximum Gasteiger partial charge on any atom is 0.162 e. The lowest BCUT2D eigenvalue weighted by atomic mass is 10.1. The summed E-state index contributed by atoms with van der Waals surface area (Å²) in [5.41, 5.74) is 1.13. The third-order valence-corrected chi connectivity index (χ3v) is 3.20. The number of fused-ring (bicyclic) bond motifs is 1. The van der Waals surface area contributed by atoms with E-state index in [0.717, 1.165) is 40.3 Å². The van der Waals surface area contributed by atoms with E-state index in [0.29, 0.717) is 13.2 Å². The summed E-state index contributed by atoms with van der Waals surface area (Å²) in [6, 6.07) is 3.83. The summed E-state index contributed by atoms with van der Waals surface area (Å²) >= 11 is 9.55. The summed E-state index contributed by atoms with van der Waals surface area (Å²) in [6.07, 6.45) is 2.03. The largest absolute Gasteiger partial charge is 0.486 e. The molecule has 0 saturated heterocycles. The van der Waals surface area contributed by atoms with E-state index in [1.807, 2.05) is 12.1 Å². The van der Waals surface area contributed by atoms with E-state index in [4.69, 9.17) is 21.1 Å². The summed E-state index contributed by atoms with van der Waals surface area (Å²) in [4.78, 5) is 0. The molecule has 0 N–H and O–H groups in total. The Balaban J connectivity index is 2.24. The fourth-order valence-corrected chi connectivity index (χ4v) is 2.08. The van der Waals surface area contributed by atoms with Gasteiger partial charge in [0.05, 0.1) is 0 Å². The number of hydrogen-bond donors (Lipinski definition) is 0. The van der Waals surface area contributed by atoms with Crippen LogP contribution in [0.5, 0.6) is 11.5 Å². The van der Waals surface area contributed by atoms with Crippen molar-refractivity contribution in [3.05, 3.63) is 22.7 Å². The number of halogens is 2. The predicted molar refractivity (Wildman–Crippen MR) is 64.6 cm³/mol. The topological polar surface area (TPSA) is 18.5 Å². The Hall–Kier alpha value is -0.410. The van der Waals surface area contributed by atoms with E-state index in [9.17, 15) is 0 Å². The first-order valence-electron chi connectivity index (χ1n) is 4.95. The Morgan fingerprint density at radius 2 is 1.87 bits per heavy atom. The van der Waals surface area contributed by atoms with Crippen LogP contribution in [0.25, 0.3) is 0 Å². The highest BCUT2D eigenvalue weighted by molar-refractivity contribution is 9.09. The number of hydrogen-bond acceptors (Lipinski definition) is 2. The SMILES string of the molecule is Clc1cc2c(cc1CCCBr)OCCO2. The summed E-state index contributed by atoms with van der Waals surface area (Å²) in [5, 5.41) is 1.75. The van der Waals surface area contributed by atoms with Crippen LogP contribution in [0, 0.1) is 0 Å². The summed E-state index contributed by atoms with van der Waals surface area (Å²) in [6.45, 7) is 1.22. The van der Waals surface area contributed by atoms with E-state index in [1.54, 1.807) is 0 Å². The Labute approximate surface area is 103 Å². The second kappa shape index (κ2) is 5.08. The van der Waals surface area contributed by atoms with Crippen LogP contribution in [-0.2, 0) is 6.42 Å². The molecule has 15 heavy (non-hydrogen) atoms. The number of rotatable bonds is 3. The van der Waals surface area contributed by atoms with Crippen molar-refractivity contribution < 1.29 is 9.47 Å². The lowest BCUT2D eigenvalue weighted by Gasteiger charge is -2.19. The van der Waals surface area contributed by atoms with Gasteiger partial charge in [0.25, 0.3) is 0 Å². The van der Waals surface area contributed by atoms with Crippen molar-refractivity contribution in [3.8, 4) is 11.5 Å². The molecule has 1 heterocycles. The van der Waals surface area contributed by atoms with Gasteiger partial charge < -0.3 is 9.47 Å². The monoisotopic (exact) mass is 290 g/mol. The average molecular weight is 292 g/mol. The van der Waals surface area contributed by atoms with Crippen molar-refractivity contribution in [1.29, 1.82) is 0 Å². The molecule has 1 aromatic carbocycles. The van der Waals surface area contributed by atoms with Gasteiger partial charge in [-0.3, -0.25) is 0 Å². The lowest BCUT2D eigenvalue weighted by molar-refractivity contribution is 0.171. The quantitative estimate of drug-likeness (QED) is 0.794. The third kappa shape index (κ3) is 2.58. The van der Waals surface area contributed by atoms with Gasteiger partial charge in [0.2, 0.25) is 0 Å². The molecule has 0 unspecified atom stereocenters. The standard InChI is InChI=1S/C11H12BrClO2/c12-3-1-2-8-6-10-11(7-9(8)13)15-5-4-14-10/h6-7H,1-5H2. The predicted octanol–water partition coefficient (Wildman–Crippen LogP) is 3.44. The minimum atomic E-state index is 0.601. The molecule has 1 aromatic rings. The normalized spacial score (nSPS) is 14.0. The van der Waals surface area contributed by atoms with Gasteiger partial charge in [-0.05, 0) is 24.5 Å². The van der Waals surface area contributed by atoms with Crippen LogP contribution in [0.1, 0.15) is 12.0 Å². The first kappa shape index (κ1) is 11.1. The molecule has 0 atom stereocenters. The first-order chi connectivity index (χ1) is 7.31. The average Bonchev–Trinajstić information content (AvgIpc) is 2.26. The highest BCUT2D eigenvalue weighted by Gasteiger charge is 2.14. The molecule has 0 aliphatic carbocycles. The molecule has 1 aliphatic heterocycles. The van der Waals surface area contributed by atoms with E-state index >= 15 is 0 Å². The molecule has 0 bridgehead atoms. The van der Waals surface area contributed by atoms with Crippen LogP contribution >= 0.6 is 27.5 Å². The molecule has 0 spiro atoms. The highest BCUT2D eigenvalue weighted by Crippen LogP contribution is 2.35. The van der Waals surface area contributed by atoms with Crippen molar-refractivity contribution in [3.63, 3.8) is 0 Å². The molecule has 2 rings (SSSR count). The molecular weight excluding hydrogens is 279 g/mol. The molecule has 0 saturated carbocycles. The molecular formula is C11H12BrClO2. The molecule has 0 aromatic heterocycles. The summed E-state index contributed by atoms with van der Waals surface area (Å²) in [7, 11) is 0. The number of ether oxygens (including phenoxy) is 2. The third-order valence-electron chi connectivity index (χ3n) is 2.29. The molecule has 82 valence electrons. The fraction of sp³-hybridized carbons (Fsp3) is 0.455. The number of benzene rings is 1. The van der Waals surface area contributed by atoms with Gasteiger partial charge in [-0.2, -0.15) is 0 Å². The summed E-state index contributed by atoms with van der Waals surface area (Å²) in [5.74, 6) is 1.57. The summed E-state index contributed by atoms with van der Waals surface area (Å²) < 4.78 is 10.9. The maximum atomic E-state index is 6.15. The Morgan fingerprint density at radius 3 is 2.53 bits per heavy atom. The highest BCUT2D eigenvalue weighted by atomic mass is 79.9. The Morgan fingerprint density at radius 1 is 1.20 bits per heavy atom. The van der Waals surface area contributed by atoms with Crippen LogP contribution in [0.2, 0.25) is 5.02 Å². The van der Waals surface area contributed by atoms with Crippen LogP contribution < -0.4 is 9.47 Å². The molecule has 0 fully saturated rings. The minimum absolute atomic E-state index is 0.601. The van der Waals surface area contributed by atoms with Crippen LogP contribution in [-0.4, -0.2) is 18.5 Å². The second-order valence-corrected chi connectivity index (χ2v) is 4.58. The number of aryl methyl sites for hydroxylation is 1. The van der Waals surface area contributed by atoms with Crippen LogP contribution in [0.15, 0.2) is 12.1 Å². The van der Waals surface area contributed by atoms with E-state index in [2.05, 4.69) is 15.9 Å². The van der Waals surface area contributed by atoms with Crippen LogP contribution in [0.4, 0.5) is 0 Å². The zero-order valence-corrected chi connectivity index (χ0v) is 10.6. The second-order valence-electron chi connectivity index (χ2n) is 3.38. The van der Waals surface area contributed by atoms with Gasteiger partial charge in [0, 0.05) is 16.4 Å². The van der Waals surface area contributed by atoms with Crippen molar-refractivity contribution in [2.75, 3.05) is 18.5 Å². The van der Waals surface area contributed by atoms with E-state index in [-0.39, 0.29) is 0 Å². The van der Waals surface area contributed by atoms with Crippen molar-refractivity contribution >= 4 is 27.5 Å². The van der Waals surface area contributed by atoms with Gasteiger partial charge >= 0.3 is 0 Å². The van der Waals surface area contributed by atoms with Crippen molar-refractivity contribution in [1.82, 2.24) is 0 Å². The Bertz CT molecular complexity index is 355. The van der Waals surface area contributed by atoms with Crippen molar-refractivity contribution in [2.45, 2.75) is 12.8 Å². The zero-order valence-electron chi connectivity index (χ0n) is 8.26. The van der Waals surface area contributed by atoms with Gasteiger partial charge in [0.15, 0.2) is 11.5 Å². The zero-order chi connectivity index (χ0) is 10.7. The van der Waals surface area contributed by atoms with Gasteiger partial charge in [-0.1, -0.05) is 27.5 Å². The molecule has 4 heteroatoms. The van der Waals surface area contributed by atoms with Gasteiger partial charge in [-0.25, -0.2) is 0 Å². The van der Waals surface area contributed by atoms with Crippen LogP contribution in [0.3, 0.4) is 0 Å². The van der Waals surface area contributed by atoms with E-state index in [1.165, 1.54) is 0 Å². The van der Waals surface area contributed by atoms with Gasteiger partial charge in [-0.15, -0.1) is 0 Å². The van der Waals surface area contributed by atoms with Gasteiger partial charge in [0.1, 0.15) is 13.2 Å². The molecule has 0 amide bonds. The maximum absolute atomic E-state index is 6.15. The fourth-order valence-electron chi connectivity index (χ4n) is 1.55. The van der Waals surface area contributed by atoms with Crippen molar-refractivity contribution in [2.24, 2.45) is 0 Å².